The minimum Gasteiger partial charge on any atom is -0.465 e. The second kappa shape index (κ2) is 6.93. The van der Waals surface area contributed by atoms with Gasteiger partial charge in [0, 0.05) is 19.1 Å². The summed E-state index contributed by atoms with van der Waals surface area (Å²) in [5.74, 6) is 0.515. The van der Waals surface area contributed by atoms with E-state index < -0.39 is 0 Å². The first-order chi connectivity index (χ1) is 12.3. The van der Waals surface area contributed by atoms with Crippen LogP contribution in [0.3, 0.4) is 0 Å². The third kappa shape index (κ3) is 3.17. The molecule has 0 saturated carbocycles. The highest BCUT2D eigenvalue weighted by atomic mass is 16.5. The van der Waals surface area contributed by atoms with E-state index in [0.29, 0.717) is 18.8 Å². The summed E-state index contributed by atoms with van der Waals surface area (Å²) in [7, 11) is 1.40. The fraction of sp³-hybridized carbons (Fsp3) is 0.500. The number of fused-ring (bicyclic) bond motifs is 1. The Labute approximate surface area is 146 Å². The molecule has 7 heteroatoms. The number of esters is 1. The van der Waals surface area contributed by atoms with Gasteiger partial charge in [0.15, 0.2) is 0 Å². The molecule has 1 N–H and O–H groups in total. The van der Waals surface area contributed by atoms with Gasteiger partial charge in [-0.2, -0.15) is 0 Å². The maximum absolute atomic E-state index is 12.0. The molecule has 2 aliphatic heterocycles. The Balaban J connectivity index is 1.81. The van der Waals surface area contributed by atoms with Crippen LogP contribution >= 0.6 is 0 Å². The minimum absolute atomic E-state index is 0.196. The van der Waals surface area contributed by atoms with Gasteiger partial charge in [0.05, 0.1) is 43.1 Å². The van der Waals surface area contributed by atoms with Crippen LogP contribution < -0.4 is 10.2 Å². The van der Waals surface area contributed by atoms with Crippen molar-refractivity contribution in [2.24, 2.45) is 0 Å². The second-order valence-corrected chi connectivity index (χ2v) is 6.40. The van der Waals surface area contributed by atoms with Gasteiger partial charge in [0.25, 0.3) is 0 Å². The lowest BCUT2D eigenvalue weighted by Gasteiger charge is -2.28. The molecule has 0 amide bonds. The number of aromatic nitrogens is 2. The SMILES string of the molecule is COC(=O)c1cc(C2CCCN2)c2nc(N3CCOCC3)cnc2c1. The summed E-state index contributed by atoms with van der Waals surface area (Å²) < 4.78 is 10.3. The topological polar surface area (TPSA) is 76.6 Å². The Morgan fingerprint density at radius 3 is 2.92 bits per heavy atom. The average Bonchev–Trinajstić information content (AvgIpc) is 3.21. The lowest BCUT2D eigenvalue weighted by Crippen LogP contribution is -2.36. The zero-order valence-electron chi connectivity index (χ0n) is 14.3. The zero-order chi connectivity index (χ0) is 17.2. The Kier molecular flexibility index (Phi) is 4.50. The summed E-state index contributed by atoms with van der Waals surface area (Å²) in [6.07, 6.45) is 3.93. The smallest absolute Gasteiger partial charge is 0.337 e. The molecule has 1 atom stereocenters. The highest BCUT2D eigenvalue weighted by molar-refractivity contribution is 5.95. The number of nitrogens with zero attached hydrogens (tertiary/aromatic N) is 3. The number of methoxy groups -OCH3 is 1. The Hall–Kier alpha value is -2.25. The van der Waals surface area contributed by atoms with E-state index in [4.69, 9.17) is 14.5 Å². The maximum Gasteiger partial charge on any atom is 0.337 e. The lowest BCUT2D eigenvalue weighted by atomic mass is 10.00. The molecule has 132 valence electrons. The molecule has 1 aromatic carbocycles. The molecule has 2 aliphatic rings. The van der Waals surface area contributed by atoms with Crippen molar-refractivity contribution in [1.29, 1.82) is 0 Å². The van der Waals surface area contributed by atoms with Crippen LogP contribution in [0, 0.1) is 0 Å². The number of ether oxygens (including phenoxy) is 2. The van der Waals surface area contributed by atoms with Crippen molar-refractivity contribution in [3.8, 4) is 0 Å². The molecule has 0 radical (unpaired) electrons. The van der Waals surface area contributed by atoms with Crippen LogP contribution in [0.1, 0.15) is 34.8 Å². The molecule has 1 unspecified atom stereocenters. The average molecular weight is 342 g/mol. The van der Waals surface area contributed by atoms with Gasteiger partial charge < -0.3 is 19.7 Å². The van der Waals surface area contributed by atoms with Crippen LogP contribution in [0.15, 0.2) is 18.3 Å². The van der Waals surface area contributed by atoms with Crippen molar-refractivity contribution in [2.75, 3.05) is 44.9 Å². The number of nitrogens with one attached hydrogen (secondary N) is 1. The van der Waals surface area contributed by atoms with Crippen LogP contribution in [-0.4, -0.2) is 55.9 Å². The van der Waals surface area contributed by atoms with Gasteiger partial charge in [0.1, 0.15) is 5.82 Å². The molecule has 25 heavy (non-hydrogen) atoms. The highest BCUT2D eigenvalue weighted by Gasteiger charge is 2.23. The molecule has 7 nitrogen and oxygen atoms in total. The van der Waals surface area contributed by atoms with Crippen LogP contribution in [0.4, 0.5) is 5.82 Å². The first-order valence-corrected chi connectivity index (χ1v) is 8.71. The quantitative estimate of drug-likeness (QED) is 0.850. The van der Waals surface area contributed by atoms with Gasteiger partial charge in [-0.1, -0.05) is 0 Å². The van der Waals surface area contributed by atoms with E-state index >= 15 is 0 Å². The first-order valence-electron chi connectivity index (χ1n) is 8.71. The number of rotatable bonds is 3. The van der Waals surface area contributed by atoms with Crippen molar-refractivity contribution in [3.05, 3.63) is 29.5 Å². The second-order valence-electron chi connectivity index (χ2n) is 6.40. The summed E-state index contributed by atoms with van der Waals surface area (Å²) >= 11 is 0. The van der Waals surface area contributed by atoms with Crippen LogP contribution in [0.25, 0.3) is 11.0 Å². The molecular weight excluding hydrogens is 320 g/mol. The van der Waals surface area contributed by atoms with Crippen molar-refractivity contribution in [2.45, 2.75) is 18.9 Å². The van der Waals surface area contributed by atoms with Crippen LogP contribution in [-0.2, 0) is 9.47 Å². The standard InChI is InChI=1S/C18H22N4O3/c1-24-18(23)12-9-13(14-3-2-4-19-14)17-15(10-12)20-11-16(21-17)22-5-7-25-8-6-22/h9-11,14,19H,2-8H2,1H3. The lowest BCUT2D eigenvalue weighted by molar-refractivity contribution is 0.0600. The number of benzene rings is 1. The fourth-order valence-electron chi connectivity index (χ4n) is 3.53. The molecule has 3 heterocycles. The molecule has 2 saturated heterocycles. The predicted molar refractivity (Wildman–Crippen MR) is 93.9 cm³/mol. The summed E-state index contributed by atoms with van der Waals surface area (Å²) in [5.41, 5.74) is 3.13. The van der Waals surface area contributed by atoms with E-state index in [-0.39, 0.29) is 12.0 Å². The number of carbonyl (C=O) groups excluding carboxylic acids is 1. The van der Waals surface area contributed by atoms with E-state index in [1.165, 1.54) is 7.11 Å². The molecule has 2 fully saturated rings. The normalized spacial score (nSPS) is 20.8. The molecule has 0 bridgehead atoms. The van der Waals surface area contributed by atoms with Gasteiger partial charge >= 0.3 is 5.97 Å². The van der Waals surface area contributed by atoms with Crippen molar-refractivity contribution >= 4 is 22.8 Å². The summed E-state index contributed by atoms with van der Waals surface area (Å²) in [5, 5.41) is 3.49. The van der Waals surface area contributed by atoms with Gasteiger partial charge in [-0.3, -0.25) is 4.98 Å². The summed E-state index contributed by atoms with van der Waals surface area (Å²) in [6.45, 7) is 4.02. The van der Waals surface area contributed by atoms with Crippen molar-refractivity contribution in [1.82, 2.24) is 15.3 Å². The molecule has 1 aromatic heterocycles. The summed E-state index contributed by atoms with van der Waals surface area (Å²) in [4.78, 5) is 23.7. The van der Waals surface area contributed by atoms with Gasteiger partial charge in [0.2, 0.25) is 0 Å². The van der Waals surface area contributed by atoms with Crippen LogP contribution in [0.2, 0.25) is 0 Å². The van der Waals surface area contributed by atoms with Crippen LogP contribution in [0.5, 0.6) is 0 Å². The minimum atomic E-state index is -0.347. The number of anilines is 1. The maximum atomic E-state index is 12.0. The number of hydrogen-bond acceptors (Lipinski definition) is 7. The fourth-order valence-corrected chi connectivity index (χ4v) is 3.53. The van der Waals surface area contributed by atoms with Gasteiger partial charge in [-0.15, -0.1) is 0 Å². The highest BCUT2D eigenvalue weighted by Crippen LogP contribution is 2.30. The van der Waals surface area contributed by atoms with E-state index in [2.05, 4.69) is 15.2 Å². The number of morpholine rings is 1. The Morgan fingerprint density at radius 2 is 2.20 bits per heavy atom. The Bertz CT molecular complexity index is 783. The predicted octanol–water partition coefficient (Wildman–Crippen LogP) is 1.68. The molecule has 4 rings (SSSR count). The van der Waals surface area contributed by atoms with E-state index in [1.54, 1.807) is 12.3 Å². The first kappa shape index (κ1) is 16.2. The molecule has 0 spiro atoms. The van der Waals surface area contributed by atoms with Crippen molar-refractivity contribution in [3.63, 3.8) is 0 Å². The molecule has 2 aromatic rings. The third-order valence-corrected chi connectivity index (χ3v) is 4.86. The summed E-state index contributed by atoms with van der Waals surface area (Å²) in [6, 6.07) is 3.85. The molecular formula is C18H22N4O3. The van der Waals surface area contributed by atoms with Crippen molar-refractivity contribution < 1.29 is 14.3 Å². The van der Waals surface area contributed by atoms with Gasteiger partial charge in [-0.25, -0.2) is 9.78 Å². The number of hydrogen-bond donors (Lipinski definition) is 1. The zero-order valence-corrected chi connectivity index (χ0v) is 14.3. The van der Waals surface area contributed by atoms with E-state index in [9.17, 15) is 4.79 Å². The third-order valence-electron chi connectivity index (χ3n) is 4.86. The van der Waals surface area contributed by atoms with E-state index in [0.717, 1.165) is 54.9 Å². The molecule has 0 aliphatic carbocycles. The van der Waals surface area contributed by atoms with Gasteiger partial charge in [-0.05, 0) is 37.1 Å². The largest absolute Gasteiger partial charge is 0.465 e. The van der Waals surface area contributed by atoms with E-state index in [1.807, 2.05) is 6.07 Å². The Morgan fingerprint density at radius 1 is 1.36 bits per heavy atom. The monoisotopic (exact) mass is 342 g/mol. The number of carbonyl (C=O) groups is 1.